The highest BCUT2D eigenvalue weighted by Crippen LogP contribution is 2.60. The van der Waals surface area contributed by atoms with Crippen molar-refractivity contribution in [3.8, 4) is 0 Å². The Bertz CT molecular complexity index is 529. The van der Waals surface area contributed by atoms with Crippen LogP contribution >= 0.6 is 0 Å². The van der Waals surface area contributed by atoms with Gasteiger partial charge in [0.05, 0.1) is 5.76 Å². The molecule has 1 nitrogen and oxygen atoms in total. The van der Waals surface area contributed by atoms with Crippen LogP contribution in [0, 0.1) is 21.7 Å². The van der Waals surface area contributed by atoms with Gasteiger partial charge in [-0.15, -0.1) is 0 Å². The Hall–Kier alpha value is -0.880. The van der Waals surface area contributed by atoms with E-state index < -0.39 is 34.2 Å². The lowest BCUT2D eigenvalue weighted by atomic mass is 9.60. The molecule has 7 heteroatoms. The minimum absolute atomic E-state index is 0.0744. The Labute approximate surface area is 159 Å². The molecule has 1 atom stereocenters. The maximum Gasteiger partial charge on any atom is 0.406 e. The minimum Gasteiger partial charge on any atom is -0.491 e. The Morgan fingerprint density at radius 2 is 1.04 bits per heavy atom. The van der Waals surface area contributed by atoms with Crippen molar-refractivity contribution in [3.05, 3.63) is 12.3 Å². The van der Waals surface area contributed by atoms with Gasteiger partial charge in [0.2, 0.25) is 0 Å². The van der Waals surface area contributed by atoms with E-state index in [2.05, 4.69) is 6.58 Å². The fraction of sp³-hybridized carbons (Fsp3) is 0.900. The van der Waals surface area contributed by atoms with E-state index in [4.69, 9.17) is 4.74 Å². The van der Waals surface area contributed by atoms with Crippen LogP contribution in [0.3, 0.4) is 0 Å². The Morgan fingerprint density at radius 3 is 1.26 bits per heavy atom. The molecule has 0 saturated heterocycles. The van der Waals surface area contributed by atoms with Gasteiger partial charge < -0.3 is 4.74 Å². The highest BCUT2D eigenvalue weighted by Gasteiger charge is 2.75. The van der Waals surface area contributed by atoms with Gasteiger partial charge in [-0.1, -0.05) is 55.0 Å². The second kappa shape index (κ2) is 6.87. The molecule has 0 saturated carbocycles. The summed E-state index contributed by atoms with van der Waals surface area (Å²) in [5.41, 5.74) is -8.25. The first kappa shape index (κ1) is 26.1. The molecule has 0 aromatic heterocycles. The Balaban J connectivity index is 6.25. The van der Waals surface area contributed by atoms with E-state index in [0.717, 1.165) is 13.8 Å². The SMILES string of the molecule is C=C(OC(C)(C)C(C)(C(F)(F)F)C(F)(F)F)C(C)(CC(C)(C)C)C(C)(C)C. The van der Waals surface area contributed by atoms with Gasteiger partial charge in [-0.25, -0.2) is 0 Å². The van der Waals surface area contributed by atoms with Gasteiger partial charge in [0.1, 0.15) is 5.60 Å². The van der Waals surface area contributed by atoms with E-state index in [1.807, 2.05) is 41.5 Å². The van der Waals surface area contributed by atoms with Crippen molar-refractivity contribution < 1.29 is 31.1 Å². The molecule has 0 aliphatic heterocycles. The molecule has 0 N–H and O–H groups in total. The summed E-state index contributed by atoms with van der Waals surface area (Å²) in [4.78, 5) is 0. The van der Waals surface area contributed by atoms with Gasteiger partial charge in [-0.3, -0.25) is 0 Å². The molecule has 0 rings (SSSR count). The molecule has 0 aromatic carbocycles. The number of halogens is 6. The van der Waals surface area contributed by atoms with Crippen molar-refractivity contribution in [2.24, 2.45) is 21.7 Å². The molecule has 0 heterocycles. The van der Waals surface area contributed by atoms with E-state index in [1.54, 1.807) is 6.92 Å². The van der Waals surface area contributed by atoms with Crippen molar-refractivity contribution in [3.63, 3.8) is 0 Å². The second-order valence-electron chi connectivity index (χ2n) is 10.5. The summed E-state index contributed by atoms with van der Waals surface area (Å²) in [7, 11) is 0. The van der Waals surface area contributed by atoms with Crippen LogP contribution in [0.2, 0.25) is 0 Å². The molecule has 1 unspecified atom stereocenters. The van der Waals surface area contributed by atoms with Crippen LogP contribution in [0.15, 0.2) is 12.3 Å². The highest BCUT2D eigenvalue weighted by atomic mass is 19.4. The predicted molar refractivity (Wildman–Crippen MR) is 96.2 cm³/mol. The molecule has 0 radical (unpaired) electrons. The fourth-order valence-electron chi connectivity index (χ4n) is 3.21. The zero-order valence-electron chi connectivity index (χ0n) is 18.1. The largest absolute Gasteiger partial charge is 0.491 e. The Kier molecular flexibility index (Phi) is 6.65. The van der Waals surface area contributed by atoms with E-state index in [9.17, 15) is 26.3 Å². The maximum absolute atomic E-state index is 13.5. The van der Waals surface area contributed by atoms with Crippen LogP contribution in [-0.4, -0.2) is 18.0 Å². The van der Waals surface area contributed by atoms with Crippen molar-refractivity contribution in [1.29, 1.82) is 0 Å². The van der Waals surface area contributed by atoms with Gasteiger partial charge in [0, 0.05) is 5.41 Å². The first-order valence-electron chi connectivity index (χ1n) is 8.85. The van der Waals surface area contributed by atoms with Crippen LogP contribution in [0.25, 0.3) is 0 Å². The van der Waals surface area contributed by atoms with Crippen LogP contribution in [0.4, 0.5) is 26.3 Å². The zero-order valence-corrected chi connectivity index (χ0v) is 18.1. The molecule has 0 fully saturated rings. The van der Waals surface area contributed by atoms with Crippen molar-refractivity contribution in [2.75, 3.05) is 0 Å². The number of ether oxygens (including phenoxy) is 1. The topological polar surface area (TPSA) is 9.23 Å². The minimum atomic E-state index is -5.54. The molecular weight excluding hydrogens is 370 g/mol. The number of alkyl halides is 6. The van der Waals surface area contributed by atoms with Gasteiger partial charge in [-0.2, -0.15) is 26.3 Å². The molecule has 162 valence electrons. The molecule has 0 amide bonds. The summed E-state index contributed by atoms with van der Waals surface area (Å²) in [6, 6.07) is 0. The molecule has 0 aliphatic carbocycles. The van der Waals surface area contributed by atoms with Crippen LogP contribution < -0.4 is 0 Å². The van der Waals surface area contributed by atoms with Crippen LogP contribution in [0.1, 0.15) is 75.7 Å². The third-order valence-corrected chi connectivity index (χ3v) is 5.87. The quantitative estimate of drug-likeness (QED) is 0.334. The fourth-order valence-corrected chi connectivity index (χ4v) is 3.21. The second-order valence-corrected chi connectivity index (χ2v) is 10.5. The van der Waals surface area contributed by atoms with E-state index in [1.165, 1.54) is 0 Å². The average Bonchev–Trinajstić information content (AvgIpc) is 2.30. The smallest absolute Gasteiger partial charge is 0.406 e. The van der Waals surface area contributed by atoms with Gasteiger partial charge in [0.15, 0.2) is 5.41 Å². The highest BCUT2D eigenvalue weighted by molar-refractivity contribution is 5.12. The summed E-state index contributed by atoms with van der Waals surface area (Å²) in [6.45, 7) is 18.8. The standard InChI is InChI=1S/C20H34F6O/c1-13(17(10,15(5,6)7)12-14(2,3)4)27-16(8,9)18(11,19(21,22)23)20(24,25)26/h1,12H2,2-11H3. The van der Waals surface area contributed by atoms with Gasteiger partial charge >= 0.3 is 12.4 Å². The monoisotopic (exact) mass is 404 g/mol. The zero-order chi connectivity index (χ0) is 22.5. The average molecular weight is 404 g/mol. The lowest BCUT2D eigenvalue weighted by Crippen LogP contribution is -2.61. The van der Waals surface area contributed by atoms with E-state index >= 15 is 0 Å². The van der Waals surface area contributed by atoms with Gasteiger partial charge in [0.25, 0.3) is 0 Å². The van der Waals surface area contributed by atoms with Crippen LogP contribution in [0.5, 0.6) is 0 Å². The predicted octanol–water partition coefficient (Wildman–Crippen LogP) is 7.91. The number of allylic oxidation sites excluding steroid dienone is 1. The summed E-state index contributed by atoms with van der Waals surface area (Å²) >= 11 is 0. The van der Waals surface area contributed by atoms with Gasteiger partial charge in [-0.05, 0) is 38.0 Å². The molecular formula is C20H34F6O. The molecule has 27 heavy (non-hydrogen) atoms. The van der Waals surface area contributed by atoms with Crippen molar-refractivity contribution >= 4 is 0 Å². The van der Waals surface area contributed by atoms with Crippen LogP contribution in [-0.2, 0) is 4.74 Å². The summed E-state index contributed by atoms with van der Waals surface area (Å²) in [5, 5.41) is 0. The molecule has 0 spiro atoms. The van der Waals surface area contributed by atoms with E-state index in [0.29, 0.717) is 6.42 Å². The molecule has 0 aromatic rings. The first-order valence-corrected chi connectivity index (χ1v) is 8.85. The Morgan fingerprint density at radius 1 is 0.704 bits per heavy atom. The van der Waals surface area contributed by atoms with Crippen molar-refractivity contribution in [1.82, 2.24) is 0 Å². The number of rotatable bonds is 5. The van der Waals surface area contributed by atoms with E-state index in [-0.39, 0.29) is 18.1 Å². The third-order valence-electron chi connectivity index (χ3n) is 5.87. The number of hydrogen-bond donors (Lipinski definition) is 0. The van der Waals surface area contributed by atoms with Crippen molar-refractivity contribution in [2.45, 2.75) is 93.6 Å². The lowest BCUT2D eigenvalue weighted by Gasteiger charge is -2.51. The number of hydrogen-bond acceptors (Lipinski definition) is 1. The third kappa shape index (κ3) is 4.94. The molecule has 0 bridgehead atoms. The normalized spacial score (nSPS) is 17.5. The summed E-state index contributed by atoms with van der Waals surface area (Å²) in [5.74, 6) is -0.0744. The first-order chi connectivity index (χ1) is 11.3. The molecule has 0 aliphatic rings. The summed E-state index contributed by atoms with van der Waals surface area (Å²) in [6.07, 6.45) is -10.6. The lowest BCUT2D eigenvalue weighted by molar-refractivity contribution is -0.379. The summed E-state index contributed by atoms with van der Waals surface area (Å²) < 4.78 is 86.6. The maximum atomic E-state index is 13.5.